The highest BCUT2D eigenvalue weighted by Gasteiger charge is 2.00. The third-order valence-corrected chi connectivity index (χ3v) is 3.18. The Morgan fingerprint density at radius 3 is 2.59 bits per heavy atom. The third-order valence-electron chi connectivity index (χ3n) is 2.27. The van der Waals surface area contributed by atoms with Crippen molar-refractivity contribution < 1.29 is 4.52 Å². The average molecular weight is 244 g/mol. The van der Waals surface area contributed by atoms with E-state index in [1.807, 2.05) is 36.4 Å². The highest BCUT2D eigenvalue weighted by Crippen LogP contribution is 2.23. The summed E-state index contributed by atoms with van der Waals surface area (Å²) in [6.07, 6.45) is 1.23. The van der Waals surface area contributed by atoms with Gasteiger partial charge in [-0.1, -0.05) is 30.3 Å². The second kappa shape index (κ2) is 5.46. The molecule has 2 aromatic rings. The van der Waals surface area contributed by atoms with E-state index in [-0.39, 0.29) is 8.81 Å². The Bertz CT molecular complexity index is 514. The van der Waals surface area contributed by atoms with E-state index >= 15 is 0 Å². The summed E-state index contributed by atoms with van der Waals surface area (Å²) in [5, 5.41) is 8.36. The van der Waals surface area contributed by atoms with Crippen LogP contribution in [0.2, 0.25) is 0 Å². The molecule has 17 heavy (non-hydrogen) atoms. The first-order valence-corrected chi connectivity index (χ1v) is 6.08. The van der Waals surface area contributed by atoms with E-state index in [2.05, 4.69) is 0 Å². The summed E-state index contributed by atoms with van der Waals surface area (Å²) in [4.78, 5) is 0. The largest absolute Gasteiger partial charge is 0.472 e. The molecule has 0 aromatic heterocycles. The van der Waals surface area contributed by atoms with E-state index in [0.29, 0.717) is 11.3 Å². The molecule has 0 saturated carbocycles. The molecule has 0 spiro atoms. The summed E-state index contributed by atoms with van der Waals surface area (Å²) < 4.78 is 5.66. The van der Waals surface area contributed by atoms with Crippen molar-refractivity contribution in [1.29, 1.82) is 5.41 Å². The molecule has 0 heterocycles. The number of nitrogens with two attached hydrogens (primary N) is 1. The van der Waals surface area contributed by atoms with E-state index in [4.69, 9.17) is 15.7 Å². The van der Waals surface area contributed by atoms with Crippen LogP contribution < -0.4 is 15.6 Å². The molecule has 2 rings (SSSR count). The van der Waals surface area contributed by atoms with E-state index in [1.54, 1.807) is 12.1 Å². The van der Waals surface area contributed by atoms with Crippen LogP contribution in [0.4, 0.5) is 5.69 Å². The molecule has 0 aliphatic heterocycles. The Morgan fingerprint density at radius 2 is 1.88 bits per heavy atom. The molecule has 0 saturated heterocycles. The number of hydrogen-bond donors (Lipinski definition) is 2. The van der Waals surface area contributed by atoms with Gasteiger partial charge in [-0.25, -0.2) is 0 Å². The van der Waals surface area contributed by atoms with Crippen LogP contribution in [0.15, 0.2) is 48.5 Å². The SMILES string of the molecule is N=Cc1cc(OPc2ccccc2)ccc1N. The van der Waals surface area contributed by atoms with Gasteiger partial charge in [-0.05, 0) is 18.2 Å². The Kier molecular flexibility index (Phi) is 3.73. The first-order valence-electron chi connectivity index (χ1n) is 5.17. The molecule has 0 aliphatic carbocycles. The number of anilines is 1. The van der Waals surface area contributed by atoms with Gasteiger partial charge in [-0.15, -0.1) is 0 Å². The summed E-state index contributed by atoms with van der Waals surface area (Å²) in [5.74, 6) is 0.736. The average Bonchev–Trinajstić information content (AvgIpc) is 2.39. The number of rotatable bonds is 4. The molecule has 0 aliphatic rings. The van der Waals surface area contributed by atoms with Crippen molar-refractivity contribution in [3.63, 3.8) is 0 Å². The normalized spacial score (nSPS) is 10.6. The fourth-order valence-corrected chi connectivity index (χ4v) is 2.06. The topological polar surface area (TPSA) is 59.1 Å². The van der Waals surface area contributed by atoms with Gasteiger partial charge < -0.3 is 15.7 Å². The van der Waals surface area contributed by atoms with Crippen LogP contribution in [0.5, 0.6) is 5.75 Å². The number of hydrogen-bond acceptors (Lipinski definition) is 3. The fraction of sp³-hybridized carbons (Fsp3) is 0. The maximum atomic E-state index is 7.22. The smallest absolute Gasteiger partial charge is 0.124 e. The molecule has 0 radical (unpaired) electrons. The second-order valence-corrected chi connectivity index (χ2v) is 4.49. The first kappa shape index (κ1) is 11.6. The van der Waals surface area contributed by atoms with Gasteiger partial charge in [0, 0.05) is 22.8 Å². The molecule has 4 heteroatoms. The lowest BCUT2D eigenvalue weighted by Crippen LogP contribution is -1.96. The van der Waals surface area contributed by atoms with Crippen LogP contribution in [-0.2, 0) is 0 Å². The Labute approximate surface area is 102 Å². The lowest BCUT2D eigenvalue weighted by molar-refractivity contribution is 0.638. The molecule has 1 unspecified atom stereocenters. The molecule has 2 aromatic carbocycles. The van der Waals surface area contributed by atoms with Crippen LogP contribution in [0, 0.1) is 5.41 Å². The monoisotopic (exact) mass is 244 g/mol. The molecule has 0 amide bonds. The van der Waals surface area contributed by atoms with Crippen LogP contribution in [0.1, 0.15) is 5.56 Å². The molecule has 1 atom stereocenters. The highest BCUT2D eigenvalue weighted by molar-refractivity contribution is 7.42. The predicted octanol–water partition coefficient (Wildman–Crippen LogP) is 2.56. The quantitative estimate of drug-likeness (QED) is 0.493. The molecular weight excluding hydrogens is 231 g/mol. The van der Waals surface area contributed by atoms with E-state index < -0.39 is 0 Å². The van der Waals surface area contributed by atoms with Gasteiger partial charge in [0.1, 0.15) is 14.6 Å². The second-order valence-electron chi connectivity index (χ2n) is 3.51. The van der Waals surface area contributed by atoms with Crippen molar-refractivity contribution in [2.75, 3.05) is 5.73 Å². The van der Waals surface area contributed by atoms with Crippen LogP contribution >= 0.6 is 8.81 Å². The Balaban J connectivity index is 2.07. The summed E-state index contributed by atoms with van der Waals surface area (Å²) in [6, 6.07) is 15.3. The van der Waals surface area contributed by atoms with Crippen LogP contribution in [0.25, 0.3) is 0 Å². The van der Waals surface area contributed by atoms with Gasteiger partial charge in [0.25, 0.3) is 0 Å². The fourth-order valence-electron chi connectivity index (χ4n) is 1.37. The zero-order valence-corrected chi connectivity index (χ0v) is 10.2. The number of nitrogens with one attached hydrogen (secondary N) is 1. The lowest BCUT2D eigenvalue weighted by Gasteiger charge is -2.07. The van der Waals surface area contributed by atoms with E-state index in [1.165, 1.54) is 6.21 Å². The predicted molar refractivity (Wildman–Crippen MR) is 73.8 cm³/mol. The van der Waals surface area contributed by atoms with Gasteiger partial charge >= 0.3 is 0 Å². The minimum Gasteiger partial charge on any atom is -0.472 e. The van der Waals surface area contributed by atoms with Gasteiger partial charge in [0.05, 0.1) is 0 Å². The van der Waals surface area contributed by atoms with Crippen LogP contribution in [-0.4, -0.2) is 6.21 Å². The molecule has 3 nitrogen and oxygen atoms in total. The standard InChI is InChI=1S/C13H13N2OP/c14-9-10-8-11(6-7-13(10)15)16-17-12-4-2-1-3-5-12/h1-9,14,17H,15H2. The van der Waals surface area contributed by atoms with Crippen molar-refractivity contribution in [3.05, 3.63) is 54.1 Å². The van der Waals surface area contributed by atoms with E-state index in [0.717, 1.165) is 11.1 Å². The summed E-state index contributed by atoms with van der Waals surface area (Å²) in [5.41, 5.74) is 6.98. The highest BCUT2D eigenvalue weighted by atomic mass is 31.1. The van der Waals surface area contributed by atoms with Crippen LogP contribution in [0.3, 0.4) is 0 Å². The van der Waals surface area contributed by atoms with Crippen molar-refractivity contribution in [2.24, 2.45) is 0 Å². The first-order chi connectivity index (χ1) is 8.29. The molecule has 3 N–H and O–H groups in total. The molecule has 86 valence electrons. The maximum absolute atomic E-state index is 7.22. The van der Waals surface area contributed by atoms with Crippen molar-refractivity contribution in [2.45, 2.75) is 0 Å². The van der Waals surface area contributed by atoms with Gasteiger partial charge in [-0.2, -0.15) is 0 Å². The minimum atomic E-state index is 0.261. The Hall–Kier alpha value is -1.86. The zero-order chi connectivity index (χ0) is 12.1. The van der Waals surface area contributed by atoms with Gasteiger partial charge in [-0.3, -0.25) is 0 Å². The minimum absolute atomic E-state index is 0.261. The van der Waals surface area contributed by atoms with Gasteiger partial charge in [0.15, 0.2) is 0 Å². The zero-order valence-electron chi connectivity index (χ0n) is 9.18. The molecule has 0 bridgehead atoms. The molecule has 0 fully saturated rings. The van der Waals surface area contributed by atoms with Crippen molar-refractivity contribution in [1.82, 2.24) is 0 Å². The van der Waals surface area contributed by atoms with Gasteiger partial charge in [0.2, 0.25) is 0 Å². The van der Waals surface area contributed by atoms with Crippen molar-refractivity contribution >= 4 is 26.0 Å². The summed E-state index contributed by atoms with van der Waals surface area (Å²) in [7, 11) is 0.261. The Morgan fingerprint density at radius 1 is 1.12 bits per heavy atom. The third kappa shape index (κ3) is 3.05. The van der Waals surface area contributed by atoms with E-state index in [9.17, 15) is 0 Å². The maximum Gasteiger partial charge on any atom is 0.124 e. The lowest BCUT2D eigenvalue weighted by atomic mass is 10.2. The number of benzene rings is 2. The summed E-state index contributed by atoms with van der Waals surface area (Å²) >= 11 is 0. The number of nitrogen functional groups attached to an aromatic ring is 1. The van der Waals surface area contributed by atoms with Crippen molar-refractivity contribution in [3.8, 4) is 5.75 Å². The molecular formula is C13H13N2OP. The summed E-state index contributed by atoms with van der Waals surface area (Å²) in [6.45, 7) is 0.